The van der Waals surface area contributed by atoms with E-state index in [1.807, 2.05) is 12.1 Å². The number of carbonyl (C=O) groups excluding carboxylic acids is 1. The van der Waals surface area contributed by atoms with Gasteiger partial charge in [-0.2, -0.15) is 4.52 Å². The molecule has 2 aromatic heterocycles. The molecule has 3 rings (SSSR count). The number of nitrogens with zero attached hydrogens (tertiary/aromatic N) is 5. The van der Waals surface area contributed by atoms with Gasteiger partial charge in [-0.1, -0.05) is 45.4 Å². The molecule has 0 bridgehead atoms. The van der Waals surface area contributed by atoms with E-state index in [-0.39, 0.29) is 11.8 Å². The monoisotopic (exact) mass is 372 g/mol. The van der Waals surface area contributed by atoms with Crippen LogP contribution in [-0.2, 0) is 4.79 Å². The minimum atomic E-state index is 0.129. The van der Waals surface area contributed by atoms with Crippen molar-refractivity contribution in [3.05, 3.63) is 18.5 Å². The number of piperidine rings is 1. The van der Waals surface area contributed by atoms with Crippen molar-refractivity contribution >= 4 is 17.4 Å². The third kappa shape index (κ3) is 5.65. The first-order valence-electron chi connectivity index (χ1n) is 10.5. The quantitative estimate of drug-likeness (QED) is 0.648. The van der Waals surface area contributed by atoms with Crippen molar-refractivity contribution in [2.45, 2.75) is 64.7 Å². The number of fused-ring (bicyclic) bond motifs is 1. The zero-order chi connectivity index (χ0) is 18.9. The molecule has 7 nitrogen and oxygen atoms in total. The SMILES string of the molecule is CCCCCCCCCNC(=O)C1CCN(c2ccc3nncn3n2)CC1. The predicted molar refractivity (Wildman–Crippen MR) is 107 cm³/mol. The zero-order valence-electron chi connectivity index (χ0n) is 16.4. The van der Waals surface area contributed by atoms with E-state index in [0.717, 1.165) is 50.4 Å². The lowest BCUT2D eigenvalue weighted by molar-refractivity contribution is -0.125. The number of carbonyl (C=O) groups is 1. The second-order valence-electron chi connectivity index (χ2n) is 7.50. The lowest BCUT2D eigenvalue weighted by Crippen LogP contribution is -2.41. The second kappa shape index (κ2) is 10.2. The van der Waals surface area contributed by atoms with Crippen molar-refractivity contribution in [2.24, 2.45) is 5.92 Å². The average molecular weight is 373 g/mol. The molecule has 1 fully saturated rings. The molecule has 1 saturated heterocycles. The Morgan fingerprint density at radius 2 is 1.85 bits per heavy atom. The van der Waals surface area contributed by atoms with E-state index in [1.54, 1.807) is 10.8 Å². The Hall–Kier alpha value is -2.18. The van der Waals surface area contributed by atoms with E-state index in [4.69, 9.17) is 0 Å². The summed E-state index contributed by atoms with van der Waals surface area (Å²) in [5, 5.41) is 15.5. The number of unbranched alkanes of at least 4 members (excludes halogenated alkanes) is 6. The molecule has 0 radical (unpaired) electrons. The Morgan fingerprint density at radius 3 is 2.63 bits per heavy atom. The highest BCUT2D eigenvalue weighted by Crippen LogP contribution is 2.22. The van der Waals surface area contributed by atoms with Crippen LogP contribution in [0.3, 0.4) is 0 Å². The fraction of sp³-hybridized carbons (Fsp3) is 0.700. The van der Waals surface area contributed by atoms with Crippen LogP contribution in [0.15, 0.2) is 18.5 Å². The molecule has 27 heavy (non-hydrogen) atoms. The van der Waals surface area contributed by atoms with E-state index in [1.165, 1.54) is 38.5 Å². The van der Waals surface area contributed by atoms with Crippen molar-refractivity contribution in [3.8, 4) is 0 Å². The third-order valence-corrected chi connectivity index (χ3v) is 5.42. The van der Waals surface area contributed by atoms with Gasteiger partial charge in [0.25, 0.3) is 0 Å². The molecule has 0 unspecified atom stereocenters. The fourth-order valence-corrected chi connectivity index (χ4v) is 3.70. The molecule has 7 heteroatoms. The number of aromatic nitrogens is 4. The van der Waals surface area contributed by atoms with Crippen LogP contribution < -0.4 is 10.2 Å². The summed E-state index contributed by atoms with van der Waals surface area (Å²) in [6, 6.07) is 3.90. The topological polar surface area (TPSA) is 75.4 Å². The van der Waals surface area contributed by atoms with Gasteiger partial charge in [0.05, 0.1) is 0 Å². The fourth-order valence-electron chi connectivity index (χ4n) is 3.70. The maximum atomic E-state index is 12.4. The van der Waals surface area contributed by atoms with Crippen molar-refractivity contribution < 1.29 is 4.79 Å². The molecular weight excluding hydrogens is 340 g/mol. The molecule has 148 valence electrons. The summed E-state index contributed by atoms with van der Waals surface area (Å²) in [5.41, 5.74) is 0.748. The van der Waals surface area contributed by atoms with E-state index >= 15 is 0 Å². The summed E-state index contributed by atoms with van der Waals surface area (Å²) in [5.74, 6) is 1.27. The average Bonchev–Trinajstić information content (AvgIpc) is 3.18. The van der Waals surface area contributed by atoms with E-state index in [9.17, 15) is 4.79 Å². The maximum Gasteiger partial charge on any atom is 0.223 e. The maximum absolute atomic E-state index is 12.4. The van der Waals surface area contributed by atoms with Crippen molar-refractivity contribution in [3.63, 3.8) is 0 Å². The molecule has 0 aromatic carbocycles. The number of rotatable bonds is 10. The van der Waals surface area contributed by atoms with Crippen LogP contribution in [0, 0.1) is 5.92 Å². The molecule has 3 heterocycles. The summed E-state index contributed by atoms with van der Waals surface area (Å²) in [7, 11) is 0. The molecule has 1 amide bonds. The summed E-state index contributed by atoms with van der Waals surface area (Å²) < 4.78 is 1.69. The highest BCUT2D eigenvalue weighted by atomic mass is 16.1. The molecule has 0 aliphatic carbocycles. The minimum Gasteiger partial charge on any atom is -0.356 e. The first-order chi connectivity index (χ1) is 13.3. The van der Waals surface area contributed by atoms with Crippen LogP contribution in [0.2, 0.25) is 0 Å². The first-order valence-corrected chi connectivity index (χ1v) is 10.5. The zero-order valence-corrected chi connectivity index (χ0v) is 16.4. The Bertz CT molecular complexity index is 707. The normalized spacial score (nSPS) is 15.4. The Morgan fingerprint density at radius 1 is 1.11 bits per heavy atom. The molecule has 2 aromatic rings. The highest BCUT2D eigenvalue weighted by Gasteiger charge is 2.25. The van der Waals surface area contributed by atoms with Crippen LogP contribution >= 0.6 is 0 Å². The standard InChI is InChI=1S/C20H32N6O/c1-2-3-4-5-6-7-8-13-21-20(27)17-11-14-25(15-12-17)19-10-9-18-23-22-16-26(18)24-19/h9-10,16-17H,2-8,11-15H2,1H3,(H,21,27). The number of hydrogen-bond acceptors (Lipinski definition) is 5. The van der Waals surface area contributed by atoms with Gasteiger partial charge in [-0.3, -0.25) is 4.79 Å². The Kier molecular flexibility index (Phi) is 7.42. The molecule has 0 atom stereocenters. The van der Waals surface area contributed by atoms with E-state index < -0.39 is 0 Å². The van der Waals surface area contributed by atoms with Gasteiger partial charge < -0.3 is 10.2 Å². The predicted octanol–water partition coefficient (Wildman–Crippen LogP) is 3.21. The van der Waals surface area contributed by atoms with Gasteiger partial charge >= 0.3 is 0 Å². The molecule has 1 aliphatic heterocycles. The third-order valence-electron chi connectivity index (χ3n) is 5.42. The molecule has 1 N–H and O–H groups in total. The van der Waals surface area contributed by atoms with Gasteiger partial charge in [0.2, 0.25) is 5.91 Å². The largest absolute Gasteiger partial charge is 0.356 e. The minimum absolute atomic E-state index is 0.129. The van der Waals surface area contributed by atoms with Gasteiger partial charge in [0, 0.05) is 25.6 Å². The highest BCUT2D eigenvalue weighted by molar-refractivity contribution is 5.78. The first kappa shape index (κ1) is 19.6. The molecular formula is C20H32N6O. The number of hydrogen-bond donors (Lipinski definition) is 1. The Balaban J connectivity index is 1.33. The summed E-state index contributed by atoms with van der Waals surface area (Å²) in [6.45, 7) is 4.78. The summed E-state index contributed by atoms with van der Waals surface area (Å²) in [6.07, 6.45) is 12.3. The van der Waals surface area contributed by atoms with Crippen LogP contribution in [-0.4, -0.2) is 45.4 Å². The lowest BCUT2D eigenvalue weighted by atomic mass is 9.96. The van der Waals surface area contributed by atoms with Crippen LogP contribution in [0.1, 0.15) is 64.7 Å². The van der Waals surface area contributed by atoms with Crippen LogP contribution in [0.5, 0.6) is 0 Å². The van der Waals surface area contributed by atoms with Crippen LogP contribution in [0.25, 0.3) is 5.65 Å². The number of anilines is 1. The second-order valence-corrected chi connectivity index (χ2v) is 7.50. The molecule has 0 spiro atoms. The van der Waals surface area contributed by atoms with Gasteiger partial charge in [-0.25, -0.2) is 0 Å². The number of amides is 1. The number of nitrogens with one attached hydrogen (secondary N) is 1. The van der Waals surface area contributed by atoms with Crippen molar-refractivity contribution in [1.82, 2.24) is 25.1 Å². The van der Waals surface area contributed by atoms with E-state index in [0.29, 0.717) is 0 Å². The summed E-state index contributed by atoms with van der Waals surface area (Å²) in [4.78, 5) is 14.6. The van der Waals surface area contributed by atoms with Gasteiger partial charge in [0.15, 0.2) is 5.65 Å². The molecule has 0 saturated carbocycles. The van der Waals surface area contributed by atoms with Gasteiger partial charge in [0.1, 0.15) is 12.1 Å². The van der Waals surface area contributed by atoms with Crippen LogP contribution in [0.4, 0.5) is 5.82 Å². The van der Waals surface area contributed by atoms with Gasteiger partial charge in [-0.15, -0.1) is 15.3 Å². The lowest BCUT2D eigenvalue weighted by Gasteiger charge is -2.32. The molecule has 1 aliphatic rings. The smallest absolute Gasteiger partial charge is 0.223 e. The summed E-state index contributed by atoms with van der Waals surface area (Å²) >= 11 is 0. The van der Waals surface area contributed by atoms with E-state index in [2.05, 4.69) is 32.4 Å². The van der Waals surface area contributed by atoms with Crippen molar-refractivity contribution in [2.75, 3.05) is 24.5 Å². The van der Waals surface area contributed by atoms with Gasteiger partial charge in [-0.05, 0) is 31.4 Å². The van der Waals surface area contributed by atoms with Crippen molar-refractivity contribution in [1.29, 1.82) is 0 Å². The Labute approximate surface area is 161 Å².